The summed E-state index contributed by atoms with van der Waals surface area (Å²) in [7, 11) is 0. The van der Waals surface area contributed by atoms with Crippen molar-refractivity contribution in [2.24, 2.45) is 0 Å². The Hall–Kier alpha value is -1.81. The van der Waals surface area contributed by atoms with E-state index < -0.39 is 0 Å². The van der Waals surface area contributed by atoms with Crippen LogP contribution in [0, 0.1) is 6.92 Å². The fourth-order valence-electron chi connectivity index (χ4n) is 1.56. The van der Waals surface area contributed by atoms with Gasteiger partial charge in [0.15, 0.2) is 0 Å². The fourth-order valence-corrected chi connectivity index (χ4v) is 2.03. The molecule has 92 valence electrons. The number of hydrogen-bond donors (Lipinski definition) is 2. The third-order valence-electron chi connectivity index (χ3n) is 2.46. The van der Waals surface area contributed by atoms with Gasteiger partial charge in [0.1, 0.15) is 0 Å². The van der Waals surface area contributed by atoms with Gasteiger partial charge in [-0.1, -0.05) is 24.3 Å². The van der Waals surface area contributed by atoms with Crippen LogP contribution in [0.1, 0.15) is 15.9 Å². The van der Waals surface area contributed by atoms with Crippen LogP contribution < -0.4 is 10.9 Å². The van der Waals surface area contributed by atoms with Crippen LogP contribution in [0.4, 0.5) is 5.69 Å². The highest BCUT2D eigenvalue weighted by atomic mass is 79.9. The molecule has 0 heterocycles. The number of nitrogens with one attached hydrogen (secondary N) is 2. The Morgan fingerprint density at radius 3 is 2.61 bits per heavy atom. The summed E-state index contributed by atoms with van der Waals surface area (Å²) in [5.41, 5.74) is 8.14. The van der Waals surface area contributed by atoms with Gasteiger partial charge in [-0.2, -0.15) is 0 Å². The van der Waals surface area contributed by atoms with Crippen molar-refractivity contribution in [3.8, 4) is 0 Å². The Balaban J connectivity index is 2.03. The van der Waals surface area contributed by atoms with Crippen LogP contribution in [0.5, 0.6) is 0 Å². The monoisotopic (exact) mass is 304 g/mol. The number of benzene rings is 2. The van der Waals surface area contributed by atoms with Crippen molar-refractivity contribution >= 4 is 27.5 Å². The lowest BCUT2D eigenvalue weighted by molar-refractivity contribution is 0.0962. The highest BCUT2D eigenvalue weighted by Gasteiger charge is 2.08. The first-order valence-corrected chi connectivity index (χ1v) is 6.33. The fraction of sp³-hybridized carbons (Fsp3) is 0.0714. The summed E-state index contributed by atoms with van der Waals surface area (Å²) >= 11 is 3.35. The molecule has 2 aromatic carbocycles. The number of hydrogen-bond acceptors (Lipinski definition) is 2. The summed E-state index contributed by atoms with van der Waals surface area (Å²) in [4.78, 5) is 11.9. The summed E-state index contributed by atoms with van der Waals surface area (Å²) in [5.74, 6) is -0.177. The van der Waals surface area contributed by atoms with Crippen LogP contribution in [0.15, 0.2) is 53.0 Å². The van der Waals surface area contributed by atoms with Crippen molar-refractivity contribution in [3.63, 3.8) is 0 Å². The average Bonchev–Trinajstić information content (AvgIpc) is 2.37. The number of halogens is 1. The first kappa shape index (κ1) is 12.6. The number of rotatable bonds is 3. The van der Waals surface area contributed by atoms with E-state index in [9.17, 15) is 4.79 Å². The zero-order chi connectivity index (χ0) is 13.0. The summed E-state index contributed by atoms with van der Waals surface area (Å²) in [5, 5.41) is 0. The van der Waals surface area contributed by atoms with E-state index in [2.05, 4.69) is 26.8 Å². The van der Waals surface area contributed by atoms with Crippen molar-refractivity contribution in [2.45, 2.75) is 6.92 Å². The Bertz CT molecular complexity index is 569. The SMILES string of the molecule is Cc1cccc(NNC(=O)c2ccccc2Br)c1. The molecule has 1 amide bonds. The van der Waals surface area contributed by atoms with Gasteiger partial charge in [0, 0.05) is 4.47 Å². The Morgan fingerprint density at radius 1 is 1.11 bits per heavy atom. The molecule has 2 aromatic rings. The van der Waals surface area contributed by atoms with E-state index in [4.69, 9.17) is 0 Å². The van der Waals surface area contributed by atoms with Crippen LogP contribution in [-0.4, -0.2) is 5.91 Å². The Morgan fingerprint density at radius 2 is 1.89 bits per heavy atom. The van der Waals surface area contributed by atoms with Gasteiger partial charge in [0.05, 0.1) is 11.3 Å². The second kappa shape index (κ2) is 5.69. The maximum absolute atomic E-state index is 11.9. The van der Waals surface area contributed by atoms with Crippen LogP contribution in [-0.2, 0) is 0 Å². The molecule has 0 fully saturated rings. The molecule has 4 heteroatoms. The maximum atomic E-state index is 11.9. The van der Waals surface area contributed by atoms with Crippen molar-refractivity contribution in [3.05, 3.63) is 64.1 Å². The summed E-state index contributed by atoms with van der Waals surface area (Å²) in [6.45, 7) is 2.00. The molecule has 0 spiro atoms. The molecule has 2 rings (SSSR count). The van der Waals surface area contributed by atoms with E-state index in [-0.39, 0.29) is 5.91 Å². The molecular formula is C14H13BrN2O. The molecule has 18 heavy (non-hydrogen) atoms. The molecule has 2 N–H and O–H groups in total. The van der Waals surface area contributed by atoms with Crippen molar-refractivity contribution < 1.29 is 4.79 Å². The third kappa shape index (κ3) is 3.11. The predicted octanol–water partition coefficient (Wildman–Crippen LogP) is 3.51. The molecule has 0 bridgehead atoms. The number of aryl methyl sites for hydroxylation is 1. The van der Waals surface area contributed by atoms with Gasteiger partial charge < -0.3 is 0 Å². The molecule has 0 saturated carbocycles. The van der Waals surface area contributed by atoms with E-state index in [1.807, 2.05) is 49.4 Å². The highest BCUT2D eigenvalue weighted by Crippen LogP contribution is 2.15. The zero-order valence-corrected chi connectivity index (χ0v) is 11.5. The third-order valence-corrected chi connectivity index (χ3v) is 3.15. The molecule has 0 atom stereocenters. The molecular weight excluding hydrogens is 292 g/mol. The molecule has 0 aromatic heterocycles. The minimum Gasteiger partial charge on any atom is -0.298 e. The largest absolute Gasteiger partial charge is 0.298 e. The lowest BCUT2D eigenvalue weighted by Crippen LogP contribution is -2.29. The minimum atomic E-state index is -0.177. The lowest BCUT2D eigenvalue weighted by atomic mass is 10.2. The quantitative estimate of drug-likeness (QED) is 0.852. The van der Waals surface area contributed by atoms with Gasteiger partial charge in [-0.25, -0.2) is 0 Å². The van der Waals surface area contributed by atoms with Crippen LogP contribution in [0.2, 0.25) is 0 Å². The Kier molecular flexibility index (Phi) is 3.99. The van der Waals surface area contributed by atoms with E-state index in [0.717, 1.165) is 15.7 Å². The first-order valence-electron chi connectivity index (χ1n) is 5.54. The normalized spacial score (nSPS) is 9.89. The second-order valence-electron chi connectivity index (χ2n) is 3.93. The van der Waals surface area contributed by atoms with Gasteiger partial charge >= 0.3 is 0 Å². The number of carbonyl (C=O) groups is 1. The molecule has 0 aliphatic heterocycles. The zero-order valence-electron chi connectivity index (χ0n) is 9.91. The maximum Gasteiger partial charge on any atom is 0.270 e. The summed E-state index contributed by atoms with van der Waals surface area (Å²) in [6.07, 6.45) is 0. The van der Waals surface area contributed by atoms with Gasteiger partial charge in [-0.05, 0) is 52.7 Å². The summed E-state index contributed by atoms with van der Waals surface area (Å²) < 4.78 is 0.772. The molecule has 3 nitrogen and oxygen atoms in total. The number of amides is 1. The molecule has 0 radical (unpaired) electrons. The molecule has 0 aliphatic carbocycles. The average molecular weight is 305 g/mol. The summed E-state index contributed by atoms with van der Waals surface area (Å²) in [6, 6.07) is 15.1. The van der Waals surface area contributed by atoms with Gasteiger partial charge in [-0.3, -0.25) is 15.6 Å². The Labute approximate surface area is 114 Å². The predicted molar refractivity (Wildman–Crippen MR) is 76.4 cm³/mol. The molecule has 0 saturated heterocycles. The van der Waals surface area contributed by atoms with Crippen LogP contribution in [0.25, 0.3) is 0 Å². The number of hydrazine groups is 1. The van der Waals surface area contributed by atoms with E-state index in [0.29, 0.717) is 5.56 Å². The van der Waals surface area contributed by atoms with Crippen molar-refractivity contribution in [1.82, 2.24) is 5.43 Å². The molecule has 0 unspecified atom stereocenters. The van der Waals surface area contributed by atoms with Gasteiger partial charge in [0.25, 0.3) is 5.91 Å². The van der Waals surface area contributed by atoms with Gasteiger partial charge in [-0.15, -0.1) is 0 Å². The van der Waals surface area contributed by atoms with Crippen molar-refractivity contribution in [1.29, 1.82) is 0 Å². The van der Waals surface area contributed by atoms with Crippen LogP contribution in [0.3, 0.4) is 0 Å². The highest BCUT2D eigenvalue weighted by molar-refractivity contribution is 9.10. The van der Waals surface area contributed by atoms with E-state index in [1.54, 1.807) is 6.07 Å². The topological polar surface area (TPSA) is 41.1 Å². The number of carbonyl (C=O) groups excluding carboxylic acids is 1. The first-order chi connectivity index (χ1) is 8.66. The van der Waals surface area contributed by atoms with Crippen molar-refractivity contribution in [2.75, 3.05) is 5.43 Å². The smallest absolute Gasteiger partial charge is 0.270 e. The lowest BCUT2D eigenvalue weighted by Gasteiger charge is -2.09. The van der Waals surface area contributed by atoms with E-state index in [1.165, 1.54) is 0 Å². The standard InChI is InChI=1S/C14H13BrN2O/c1-10-5-4-6-11(9-10)16-17-14(18)12-7-2-3-8-13(12)15/h2-9,16H,1H3,(H,17,18). The van der Waals surface area contributed by atoms with E-state index >= 15 is 0 Å². The van der Waals surface area contributed by atoms with Gasteiger partial charge in [0.2, 0.25) is 0 Å². The minimum absolute atomic E-state index is 0.177. The van der Waals surface area contributed by atoms with Crippen LogP contribution >= 0.6 is 15.9 Å². The second-order valence-corrected chi connectivity index (χ2v) is 4.78. The number of anilines is 1. The molecule has 0 aliphatic rings.